The van der Waals surface area contributed by atoms with Crippen LogP contribution in [-0.4, -0.2) is 34.4 Å². The molecule has 1 saturated heterocycles. The average Bonchev–Trinajstić information content (AvgIpc) is 2.85. The first-order chi connectivity index (χ1) is 9.31. The number of benzene rings is 1. The molecule has 0 bridgehead atoms. The highest BCUT2D eigenvalue weighted by atomic mass is 79.9. The van der Waals surface area contributed by atoms with Crippen LogP contribution >= 0.6 is 15.9 Å². The summed E-state index contributed by atoms with van der Waals surface area (Å²) in [6.07, 6.45) is 3.97. The lowest BCUT2D eigenvalue weighted by molar-refractivity contribution is -0.0416. The molecule has 100 valence electrons. The average molecular weight is 322 g/mol. The molecular formula is C14H16BrN3O. The smallest absolute Gasteiger partial charge is 0.0953 e. The minimum Gasteiger partial charge on any atom is -0.371 e. The first-order valence-electron chi connectivity index (χ1n) is 6.38. The zero-order chi connectivity index (χ0) is 13.1. The molecule has 4 nitrogen and oxygen atoms in total. The van der Waals surface area contributed by atoms with E-state index in [2.05, 4.69) is 50.2 Å². The Morgan fingerprint density at radius 2 is 2.16 bits per heavy atom. The van der Waals surface area contributed by atoms with Crippen LogP contribution in [0.15, 0.2) is 47.2 Å². The van der Waals surface area contributed by atoms with Gasteiger partial charge in [-0.25, -0.2) is 0 Å². The molecule has 0 amide bonds. The number of hydrogen-bond acceptors (Lipinski definition) is 3. The third kappa shape index (κ3) is 3.23. The predicted octanol–water partition coefficient (Wildman–Crippen LogP) is 2.68. The van der Waals surface area contributed by atoms with Crippen molar-refractivity contribution in [2.75, 3.05) is 19.7 Å². The van der Waals surface area contributed by atoms with Gasteiger partial charge in [-0.05, 0) is 21.5 Å². The van der Waals surface area contributed by atoms with Gasteiger partial charge >= 0.3 is 0 Å². The lowest BCUT2D eigenvalue weighted by Crippen LogP contribution is -2.39. The van der Waals surface area contributed by atoms with Crippen molar-refractivity contribution in [2.24, 2.45) is 0 Å². The number of aromatic nitrogens is 2. The van der Waals surface area contributed by atoms with Gasteiger partial charge < -0.3 is 4.74 Å². The van der Waals surface area contributed by atoms with Crippen LogP contribution < -0.4 is 0 Å². The fourth-order valence-electron chi connectivity index (χ4n) is 2.32. The van der Waals surface area contributed by atoms with Gasteiger partial charge in [-0.15, -0.1) is 0 Å². The molecule has 19 heavy (non-hydrogen) atoms. The summed E-state index contributed by atoms with van der Waals surface area (Å²) in [4.78, 5) is 2.36. The molecule has 0 N–H and O–H groups in total. The van der Waals surface area contributed by atoms with E-state index in [9.17, 15) is 0 Å². The summed E-state index contributed by atoms with van der Waals surface area (Å²) >= 11 is 3.42. The molecule has 0 spiro atoms. The summed E-state index contributed by atoms with van der Waals surface area (Å²) in [5.41, 5.74) is 1.24. The maximum Gasteiger partial charge on any atom is 0.0953 e. The largest absolute Gasteiger partial charge is 0.371 e. The maximum atomic E-state index is 5.86. The number of nitrogens with zero attached hydrogens (tertiary/aromatic N) is 3. The van der Waals surface area contributed by atoms with Crippen molar-refractivity contribution < 1.29 is 4.74 Å². The lowest BCUT2D eigenvalue weighted by Gasteiger charge is -2.32. The summed E-state index contributed by atoms with van der Waals surface area (Å²) in [6, 6.07) is 10.4. The molecule has 0 saturated carbocycles. The Bertz CT molecular complexity index is 528. The van der Waals surface area contributed by atoms with Crippen molar-refractivity contribution >= 4 is 15.9 Å². The summed E-state index contributed by atoms with van der Waals surface area (Å²) in [5.74, 6) is 0. The van der Waals surface area contributed by atoms with Crippen molar-refractivity contribution in [1.82, 2.24) is 14.7 Å². The highest BCUT2D eigenvalue weighted by Gasteiger charge is 2.21. The van der Waals surface area contributed by atoms with Crippen LogP contribution in [-0.2, 0) is 11.4 Å². The fourth-order valence-corrected chi connectivity index (χ4v) is 2.65. The quantitative estimate of drug-likeness (QED) is 0.870. The van der Waals surface area contributed by atoms with Gasteiger partial charge in [0.1, 0.15) is 0 Å². The van der Waals surface area contributed by atoms with Gasteiger partial charge in [-0.2, -0.15) is 5.10 Å². The number of ether oxygens (including phenoxy) is 1. The third-order valence-corrected chi connectivity index (χ3v) is 3.68. The van der Waals surface area contributed by atoms with E-state index in [0.717, 1.165) is 30.8 Å². The number of rotatable bonds is 3. The first kappa shape index (κ1) is 12.8. The summed E-state index contributed by atoms with van der Waals surface area (Å²) in [7, 11) is 0. The van der Waals surface area contributed by atoms with Gasteiger partial charge in [0.15, 0.2) is 0 Å². The number of hydrogen-bond donors (Lipinski definition) is 0. The highest BCUT2D eigenvalue weighted by Crippen LogP contribution is 2.22. The van der Waals surface area contributed by atoms with E-state index in [1.807, 2.05) is 23.1 Å². The van der Waals surface area contributed by atoms with Crippen LogP contribution in [0.1, 0.15) is 11.7 Å². The molecule has 1 aromatic carbocycles. The topological polar surface area (TPSA) is 30.3 Å². The summed E-state index contributed by atoms with van der Waals surface area (Å²) in [6.45, 7) is 3.42. The van der Waals surface area contributed by atoms with E-state index in [-0.39, 0.29) is 6.10 Å². The van der Waals surface area contributed by atoms with Crippen molar-refractivity contribution in [2.45, 2.75) is 12.8 Å². The minimum atomic E-state index is 0.161. The van der Waals surface area contributed by atoms with E-state index in [4.69, 9.17) is 4.74 Å². The monoisotopic (exact) mass is 321 g/mol. The second-order valence-electron chi connectivity index (χ2n) is 4.69. The Balaban J connectivity index is 1.65. The fraction of sp³-hybridized carbons (Fsp3) is 0.357. The molecule has 1 fully saturated rings. The molecule has 1 unspecified atom stereocenters. The Hall–Kier alpha value is -1.17. The molecule has 3 rings (SSSR count). The zero-order valence-corrected chi connectivity index (χ0v) is 12.2. The highest BCUT2D eigenvalue weighted by molar-refractivity contribution is 9.10. The molecule has 1 aliphatic heterocycles. The standard InChI is InChI=1S/C14H16BrN3O/c15-13-8-16-18(9-13)11-17-6-7-19-14(10-17)12-4-2-1-3-5-12/h1-5,8-9,14H,6-7,10-11H2. The lowest BCUT2D eigenvalue weighted by atomic mass is 10.1. The Morgan fingerprint density at radius 1 is 1.32 bits per heavy atom. The van der Waals surface area contributed by atoms with Crippen LogP contribution in [0.3, 0.4) is 0 Å². The molecule has 1 atom stereocenters. The van der Waals surface area contributed by atoms with Gasteiger partial charge in [-0.1, -0.05) is 30.3 Å². The molecule has 0 radical (unpaired) electrons. The van der Waals surface area contributed by atoms with Gasteiger partial charge in [0.05, 0.1) is 30.0 Å². The molecule has 1 aromatic heterocycles. The van der Waals surface area contributed by atoms with Crippen LogP contribution in [0, 0.1) is 0 Å². The number of morpholine rings is 1. The Kier molecular flexibility index (Phi) is 3.96. The molecule has 2 aromatic rings. The van der Waals surface area contributed by atoms with Crippen molar-refractivity contribution in [3.05, 3.63) is 52.8 Å². The van der Waals surface area contributed by atoms with Crippen LogP contribution in [0.4, 0.5) is 0 Å². The maximum absolute atomic E-state index is 5.86. The van der Waals surface area contributed by atoms with E-state index in [1.54, 1.807) is 0 Å². The molecular weight excluding hydrogens is 306 g/mol. The van der Waals surface area contributed by atoms with Gasteiger partial charge in [0, 0.05) is 19.3 Å². The van der Waals surface area contributed by atoms with E-state index < -0.39 is 0 Å². The second-order valence-corrected chi connectivity index (χ2v) is 5.60. The Morgan fingerprint density at radius 3 is 2.89 bits per heavy atom. The Labute approximate surface area is 121 Å². The van der Waals surface area contributed by atoms with Crippen molar-refractivity contribution in [3.63, 3.8) is 0 Å². The van der Waals surface area contributed by atoms with Gasteiger partial charge in [0.2, 0.25) is 0 Å². The zero-order valence-electron chi connectivity index (χ0n) is 10.6. The normalized spacial score (nSPS) is 20.6. The van der Waals surface area contributed by atoms with Gasteiger partial charge in [-0.3, -0.25) is 9.58 Å². The van der Waals surface area contributed by atoms with Crippen molar-refractivity contribution in [3.8, 4) is 0 Å². The second kappa shape index (κ2) is 5.86. The summed E-state index contributed by atoms with van der Waals surface area (Å²) in [5, 5.41) is 4.29. The van der Waals surface area contributed by atoms with E-state index in [1.165, 1.54) is 5.56 Å². The predicted molar refractivity (Wildman–Crippen MR) is 76.6 cm³/mol. The van der Waals surface area contributed by atoms with Gasteiger partial charge in [0.25, 0.3) is 0 Å². The van der Waals surface area contributed by atoms with Crippen LogP contribution in [0.2, 0.25) is 0 Å². The molecule has 0 aliphatic carbocycles. The first-order valence-corrected chi connectivity index (χ1v) is 7.17. The van der Waals surface area contributed by atoms with Crippen LogP contribution in [0.5, 0.6) is 0 Å². The van der Waals surface area contributed by atoms with Crippen LogP contribution in [0.25, 0.3) is 0 Å². The molecule has 2 heterocycles. The minimum absolute atomic E-state index is 0.161. The molecule has 5 heteroatoms. The SMILES string of the molecule is Brc1cnn(CN2CCOC(c3ccccc3)C2)c1. The number of halogens is 1. The molecule has 1 aliphatic rings. The van der Waals surface area contributed by atoms with Crippen molar-refractivity contribution in [1.29, 1.82) is 0 Å². The van der Waals surface area contributed by atoms with E-state index >= 15 is 0 Å². The third-order valence-electron chi connectivity index (χ3n) is 3.27. The summed E-state index contributed by atoms with van der Waals surface area (Å²) < 4.78 is 8.81. The van der Waals surface area contributed by atoms with E-state index in [0.29, 0.717) is 0 Å².